The Kier molecular flexibility index (Phi) is 4.66. The molecule has 128 valence electrons. The van der Waals surface area contributed by atoms with Crippen LogP contribution in [0.3, 0.4) is 0 Å². The van der Waals surface area contributed by atoms with Gasteiger partial charge in [0.1, 0.15) is 5.82 Å². The van der Waals surface area contributed by atoms with Crippen LogP contribution in [0.25, 0.3) is 0 Å². The fourth-order valence-electron chi connectivity index (χ4n) is 2.90. The third-order valence-electron chi connectivity index (χ3n) is 4.42. The van der Waals surface area contributed by atoms with Crippen molar-refractivity contribution in [2.75, 3.05) is 11.9 Å². The number of aromatic nitrogens is 2. The van der Waals surface area contributed by atoms with Crippen molar-refractivity contribution in [2.45, 2.75) is 44.8 Å². The molecule has 24 heavy (non-hydrogen) atoms. The molecule has 6 heteroatoms. The van der Waals surface area contributed by atoms with E-state index in [4.69, 9.17) is 4.74 Å². The summed E-state index contributed by atoms with van der Waals surface area (Å²) in [6, 6.07) is 6.34. The predicted molar refractivity (Wildman–Crippen MR) is 89.3 cm³/mol. The number of carbonyl (C=O) groups excluding carboxylic acids is 1. The van der Waals surface area contributed by atoms with Crippen LogP contribution >= 0.6 is 0 Å². The SMILES string of the molecule is CC(C)(C(=O)Nc1cnn(CC2CCCO2)c1)c1ccccc1F. The molecule has 1 aromatic carbocycles. The van der Waals surface area contributed by atoms with E-state index in [1.807, 2.05) is 0 Å². The molecular formula is C18H22FN3O2. The minimum Gasteiger partial charge on any atom is -0.376 e. The number of benzene rings is 1. The van der Waals surface area contributed by atoms with Crippen LogP contribution < -0.4 is 5.32 Å². The summed E-state index contributed by atoms with van der Waals surface area (Å²) in [7, 11) is 0. The Bertz CT molecular complexity index is 721. The number of nitrogens with zero attached hydrogens (tertiary/aromatic N) is 2. The van der Waals surface area contributed by atoms with Crippen LogP contribution in [0.15, 0.2) is 36.7 Å². The number of hydrogen-bond donors (Lipinski definition) is 1. The molecule has 0 spiro atoms. The van der Waals surface area contributed by atoms with Crippen molar-refractivity contribution in [3.8, 4) is 0 Å². The van der Waals surface area contributed by atoms with Crippen molar-refractivity contribution in [1.29, 1.82) is 0 Å². The Morgan fingerprint density at radius 2 is 2.25 bits per heavy atom. The second kappa shape index (κ2) is 6.73. The van der Waals surface area contributed by atoms with Crippen molar-refractivity contribution >= 4 is 11.6 Å². The van der Waals surface area contributed by atoms with Gasteiger partial charge in [0.05, 0.1) is 29.9 Å². The van der Waals surface area contributed by atoms with E-state index in [0.717, 1.165) is 19.4 Å². The molecule has 3 rings (SSSR count). The van der Waals surface area contributed by atoms with E-state index < -0.39 is 5.41 Å². The highest BCUT2D eigenvalue weighted by Crippen LogP contribution is 2.27. The molecule has 2 aromatic rings. The average molecular weight is 331 g/mol. The standard InChI is InChI=1S/C18H22FN3O2/c1-18(2,15-7-3-4-8-16(15)19)17(23)21-13-10-20-22(11-13)12-14-6-5-9-24-14/h3-4,7-8,10-11,14H,5-6,9,12H2,1-2H3,(H,21,23). The first-order valence-electron chi connectivity index (χ1n) is 8.17. The molecule has 1 atom stereocenters. The van der Waals surface area contributed by atoms with Gasteiger partial charge in [0.25, 0.3) is 0 Å². The quantitative estimate of drug-likeness (QED) is 0.916. The van der Waals surface area contributed by atoms with Crippen LogP contribution in [0.5, 0.6) is 0 Å². The number of rotatable bonds is 5. The van der Waals surface area contributed by atoms with E-state index in [0.29, 0.717) is 17.8 Å². The molecule has 1 unspecified atom stereocenters. The minimum atomic E-state index is -0.984. The van der Waals surface area contributed by atoms with Crippen molar-refractivity contribution in [1.82, 2.24) is 9.78 Å². The van der Waals surface area contributed by atoms with Gasteiger partial charge in [-0.05, 0) is 32.8 Å². The second-order valence-electron chi connectivity index (χ2n) is 6.65. The van der Waals surface area contributed by atoms with Gasteiger partial charge in [0, 0.05) is 18.4 Å². The Labute approximate surface area is 140 Å². The number of hydrogen-bond acceptors (Lipinski definition) is 3. The topological polar surface area (TPSA) is 56.2 Å². The first kappa shape index (κ1) is 16.6. The lowest BCUT2D eigenvalue weighted by molar-refractivity contribution is -0.120. The first-order chi connectivity index (χ1) is 11.5. The summed E-state index contributed by atoms with van der Waals surface area (Å²) in [5, 5.41) is 7.08. The molecule has 1 amide bonds. The van der Waals surface area contributed by atoms with Gasteiger partial charge in [0.2, 0.25) is 5.91 Å². The van der Waals surface area contributed by atoms with Gasteiger partial charge >= 0.3 is 0 Å². The van der Waals surface area contributed by atoms with Crippen molar-refractivity contribution < 1.29 is 13.9 Å². The zero-order valence-corrected chi connectivity index (χ0v) is 14.0. The number of ether oxygens (including phenoxy) is 1. The summed E-state index contributed by atoms with van der Waals surface area (Å²) in [4.78, 5) is 12.6. The van der Waals surface area contributed by atoms with Gasteiger partial charge in [-0.2, -0.15) is 5.10 Å². The smallest absolute Gasteiger partial charge is 0.234 e. The Morgan fingerprint density at radius 1 is 1.46 bits per heavy atom. The van der Waals surface area contributed by atoms with Crippen LogP contribution in [0.1, 0.15) is 32.3 Å². The fourth-order valence-corrected chi connectivity index (χ4v) is 2.90. The average Bonchev–Trinajstić information content (AvgIpc) is 3.20. The highest BCUT2D eigenvalue weighted by atomic mass is 19.1. The van der Waals surface area contributed by atoms with E-state index in [1.54, 1.807) is 49.1 Å². The molecule has 1 aliphatic rings. The van der Waals surface area contributed by atoms with E-state index in [-0.39, 0.29) is 17.8 Å². The normalized spacial score (nSPS) is 17.9. The molecule has 1 aromatic heterocycles. The van der Waals surface area contributed by atoms with Crippen LogP contribution in [-0.4, -0.2) is 28.4 Å². The second-order valence-corrected chi connectivity index (χ2v) is 6.65. The number of nitrogens with one attached hydrogen (secondary N) is 1. The first-order valence-corrected chi connectivity index (χ1v) is 8.17. The van der Waals surface area contributed by atoms with Gasteiger partial charge in [0.15, 0.2) is 0 Å². The lowest BCUT2D eigenvalue weighted by atomic mass is 9.83. The van der Waals surface area contributed by atoms with Crippen molar-refractivity contribution in [2.24, 2.45) is 0 Å². The maximum absolute atomic E-state index is 14.0. The number of anilines is 1. The summed E-state index contributed by atoms with van der Waals surface area (Å²) in [5.41, 5.74) is -0.0150. The molecule has 0 radical (unpaired) electrons. The van der Waals surface area contributed by atoms with Crippen molar-refractivity contribution in [3.63, 3.8) is 0 Å². The molecule has 0 saturated carbocycles. The highest BCUT2D eigenvalue weighted by Gasteiger charge is 2.32. The summed E-state index contributed by atoms with van der Waals surface area (Å²) >= 11 is 0. The molecule has 0 aliphatic carbocycles. The Hall–Kier alpha value is -2.21. The van der Waals surface area contributed by atoms with Gasteiger partial charge in [-0.3, -0.25) is 9.48 Å². The largest absolute Gasteiger partial charge is 0.376 e. The van der Waals surface area contributed by atoms with Gasteiger partial charge in [-0.15, -0.1) is 0 Å². The number of halogens is 1. The Balaban J connectivity index is 1.68. The van der Waals surface area contributed by atoms with Gasteiger partial charge < -0.3 is 10.1 Å². The predicted octanol–water partition coefficient (Wildman–Crippen LogP) is 3.12. The number of amides is 1. The summed E-state index contributed by atoms with van der Waals surface area (Å²) < 4.78 is 21.4. The monoisotopic (exact) mass is 331 g/mol. The van der Waals surface area contributed by atoms with E-state index >= 15 is 0 Å². The minimum absolute atomic E-state index is 0.184. The summed E-state index contributed by atoms with van der Waals surface area (Å²) in [5.74, 6) is -0.656. The molecule has 1 N–H and O–H groups in total. The van der Waals surface area contributed by atoms with E-state index in [9.17, 15) is 9.18 Å². The van der Waals surface area contributed by atoms with Crippen molar-refractivity contribution in [3.05, 3.63) is 48.0 Å². The fraction of sp³-hybridized carbons (Fsp3) is 0.444. The third kappa shape index (κ3) is 3.48. The molecular weight excluding hydrogens is 309 g/mol. The van der Waals surface area contributed by atoms with Crippen LogP contribution in [0, 0.1) is 5.82 Å². The molecule has 2 heterocycles. The van der Waals surface area contributed by atoms with Crippen LogP contribution in [0.4, 0.5) is 10.1 Å². The summed E-state index contributed by atoms with van der Waals surface area (Å²) in [6.07, 6.45) is 5.67. The molecule has 1 aliphatic heterocycles. The maximum Gasteiger partial charge on any atom is 0.234 e. The van der Waals surface area contributed by atoms with E-state index in [2.05, 4.69) is 10.4 Å². The molecule has 1 saturated heterocycles. The zero-order chi connectivity index (χ0) is 17.2. The highest BCUT2D eigenvalue weighted by molar-refractivity contribution is 5.98. The lowest BCUT2D eigenvalue weighted by Gasteiger charge is -2.24. The maximum atomic E-state index is 14.0. The summed E-state index contributed by atoms with van der Waals surface area (Å²) in [6.45, 7) is 4.88. The van der Waals surface area contributed by atoms with E-state index in [1.165, 1.54) is 6.07 Å². The molecule has 0 bridgehead atoms. The third-order valence-corrected chi connectivity index (χ3v) is 4.42. The zero-order valence-electron chi connectivity index (χ0n) is 14.0. The van der Waals surface area contributed by atoms with Gasteiger partial charge in [-0.1, -0.05) is 18.2 Å². The molecule has 5 nitrogen and oxygen atoms in total. The van der Waals surface area contributed by atoms with Crippen LogP contribution in [-0.2, 0) is 21.5 Å². The van der Waals surface area contributed by atoms with Crippen LogP contribution in [0.2, 0.25) is 0 Å². The molecule has 1 fully saturated rings. The number of carbonyl (C=O) groups is 1. The van der Waals surface area contributed by atoms with Gasteiger partial charge in [-0.25, -0.2) is 4.39 Å². The lowest BCUT2D eigenvalue weighted by Crippen LogP contribution is -2.35. The Morgan fingerprint density at radius 3 is 2.96 bits per heavy atom.